The molecule has 2 N–H and O–H groups in total. The summed E-state index contributed by atoms with van der Waals surface area (Å²) in [4.78, 5) is 17.1. The number of hydrogen-bond acceptors (Lipinski definition) is 5. The van der Waals surface area contributed by atoms with Crippen molar-refractivity contribution in [2.24, 2.45) is 10.9 Å². The molecule has 126 valence electrons. The average Bonchev–Trinajstić information content (AvgIpc) is 2.60. The second-order valence-electron chi connectivity index (χ2n) is 4.63. The fourth-order valence-electron chi connectivity index (χ4n) is 1.99. The van der Waals surface area contributed by atoms with Crippen LogP contribution in [0.3, 0.4) is 0 Å². The van der Waals surface area contributed by atoms with Crippen molar-refractivity contribution in [1.29, 1.82) is 0 Å². The molecule has 0 bridgehead atoms. The summed E-state index contributed by atoms with van der Waals surface area (Å²) in [5.74, 6) is 0.171. The summed E-state index contributed by atoms with van der Waals surface area (Å²) in [6.07, 6.45) is 0. The highest BCUT2D eigenvalue weighted by atomic mass is 35.5. The van der Waals surface area contributed by atoms with Crippen LogP contribution in [0, 0.1) is 0 Å². The van der Waals surface area contributed by atoms with Crippen molar-refractivity contribution in [2.75, 3.05) is 13.7 Å². The predicted octanol–water partition coefficient (Wildman–Crippen LogP) is 3.22. The van der Waals surface area contributed by atoms with Gasteiger partial charge in [-0.3, -0.25) is 0 Å². The Morgan fingerprint density at radius 1 is 1.17 bits per heavy atom. The van der Waals surface area contributed by atoms with Crippen LogP contribution in [0.15, 0.2) is 47.6 Å². The van der Waals surface area contributed by atoms with Gasteiger partial charge in [0, 0.05) is 5.02 Å². The molecule has 6 nitrogen and oxygen atoms in total. The number of carbonyl (C=O) groups is 1. The van der Waals surface area contributed by atoms with Gasteiger partial charge in [0.25, 0.3) is 0 Å². The van der Waals surface area contributed by atoms with Gasteiger partial charge in [-0.25, -0.2) is 4.79 Å². The number of carbonyl (C=O) groups excluding carboxylic acids is 1. The molecule has 0 aromatic heterocycles. The van der Waals surface area contributed by atoms with Crippen LogP contribution in [0.25, 0.3) is 0 Å². The SMILES string of the molecule is CCOc1ccccc1C(=O)O/N=C(\N)c1cc(Cl)ccc1OC. The molecular weight excluding hydrogens is 332 g/mol. The number of oxime groups is 1. The molecule has 0 aliphatic carbocycles. The van der Waals surface area contributed by atoms with Gasteiger partial charge in [-0.2, -0.15) is 0 Å². The minimum Gasteiger partial charge on any atom is -0.496 e. The van der Waals surface area contributed by atoms with Crippen molar-refractivity contribution >= 4 is 23.4 Å². The van der Waals surface area contributed by atoms with Crippen LogP contribution in [-0.4, -0.2) is 25.5 Å². The Bertz CT molecular complexity index is 762. The molecule has 2 rings (SSSR count). The Balaban J connectivity index is 2.21. The van der Waals surface area contributed by atoms with E-state index in [1.165, 1.54) is 7.11 Å². The normalized spacial score (nSPS) is 11.0. The highest BCUT2D eigenvalue weighted by Crippen LogP contribution is 2.23. The third-order valence-electron chi connectivity index (χ3n) is 3.07. The fourth-order valence-corrected chi connectivity index (χ4v) is 2.16. The minimum atomic E-state index is -0.678. The van der Waals surface area contributed by atoms with E-state index in [9.17, 15) is 4.79 Å². The van der Waals surface area contributed by atoms with Crippen molar-refractivity contribution in [3.63, 3.8) is 0 Å². The number of benzene rings is 2. The van der Waals surface area contributed by atoms with Gasteiger partial charge < -0.3 is 20.0 Å². The molecule has 2 aromatic carbocycles. The second-order valence-corrected chi connectivity index (χ2v) is 5.07. The van der Waals surface area contributed by atoms with Gasteiger partial charge in [0.1, 0.15) is 17.1 Å². The zero-order valence-corrected chi connectivity index (χ0v) is 14.0. The molecule has 7 heteroatoms. The van der Waals surface area contributed by atoms with Gasteiger partial charge in [-0.15, -0.1) is 0 Å². The van der Waals surface area contributed by atoms with Crippen molar-refractivity contribution in [3.05, 3.63) is 58.6 Å². The van der Waals surface area contributed by atoms with Crippen LogP contribution in [0.5, 0.6) is 11.5 Å². The molecule has 0 heterocycles. The molecule has 0 amide bonds. The molecule has 0 spiro atoms. The Morgan fingerprint density at radius 2 is 1.92 bits per heavy atom. The highest BCUT2D eigenvalue weighted by Gasteiger charge is 2.15. The molecule has 2 aromatic rings. The summed E-state index contributed by atoms with van der Waals surface area (Å²) in [7, 11) is 1.49. The summed E-state index contributed by atoms with van der Waals surface area (Å²) in [5, 5.41) is 4.13. The number of hydrogen-bond donors (Lipinski definition) is 1. The van der Waals surface area contributed by atoms with Crippen molar-refractivity contribution in [2.45, 2.75) is 6.92 Å². The number of amidine groups is 1. The smallest absolute Gasteiger partial charge is 0.369 e. The summed E-state index contributed by atoms with van der Waals surface area (Å²) in [6.45, 7) is 2.25. The third-order valence-corrected chi connectivity index (χ3v) is 3.31. The van der Waals surface area contributed by atoms with E-state index in [-0.39, 0.29) is 11.4 Å². The molecule has 0 atom stereocenters. The van der Waals surface area contributed by atoms with E-state index in [1.807, 2.05) is 6.92 Å². The topological polar surface area (TPSA) is 83.1 Å². The summed E-state index contributed by atoms with van der Waals surface area (Å²) in [5.41, 5.74) is 6.55. The van der Waals surface area contributed by atoms with E-state index in [4.69, 9.17) is 31.6 Å². The molecular formula is C17H17ClN2O4. The first-order valence-electron chi connectivity index (χ1n) is 7.17. The maximum atomic E-state index is 12.2. The number of nitrogens with zero attached hydrogens (tertiary/aromatic N) is 1. The number of para-hydroxylation sites is 1. The Labute approximate surface area is 144 Å². The van der Waals surface area contributed by atoms with Crippen molar-refractivity contribution in [3.8, 4) is 11.5 Å². The van der Waals surface area contributed by atoms with Crippen molar-refractivity contribution < 1.29 is 19.1 Å². The third kappa shape index (κ3) is 4.17. The Kier molecular flexibility index (Phi) is 6.03. The highest BCUT2D eigenvalue weighted by molar-refractivity contribution is 6.31. The van der Waals surface area contributed by atoms with Crippen LogP contribution in [0.2, 0.25) is 5.02 Å². The average molecular weight is 349 g/mol. The van der Waals surface area contributed by atoms with E-state index >= 15 is 0 Å². The molecule has 0 unspecified atom stereocenters. The van der Waals surface area contributed by atoms with E-state index in [0.717, 1.165) is 0 Å². The van der Waals surface area contributed by atoms with Crippen LogP contribution < -0.4 is 15.2 Å². The van der Waals surface area contributed by atoms with Crippen LogP contribution in [0.4, 0.5) is 0 Å². The molecule has 0 radical (unpaired) electrons. The lowest BCUT2D eigenvalue weighted by Crippen LogP contribution is -2.16. The largest absolute Gasteiger partial charge is 0.496 e. The minimum absolute atomic E-state index is 0.0309. The van der Waals surface area contributed by atoms with Crippen LogP contribution in [-0.2, 0) is 4.84 Å². The number of nitrogens with two attached hydrogens (primary N) is 1. The summed E-state index contributed by atoms with van der Waals surface area (Å²) < 4.78 is 10.6. The van der Waals surface area contributed by atoms with Crippen LogP contribution in [0.1, 0.15) is 22.8 Å². The van der Waals surface area contributed by atoms with Gasteiger partial charge >= 0.3 is 5.97 Å². The van der Waals surface area contributed by atoms with Gasteiger partial charge in [0.05, 0.1) is 19.3 Å². The van der Waals surface area contributed by atoms with E-state index < -0.39 is 5.97 Å². The maximum absolute atomic E-state index is 12.2. The van der Waals surface area contributed by atoms with Gasteiger partial charge in [0.15, 0.2) is 5.84 Å². The maximum Gasteiger partial charge on any atom is 0.369 e. The van der Waals surface area contributed by atoms with Crippen molar-refractivity contribution in [1.82, 2.24) is 0 Å². The number of ether oxygens (including phenoxy) is 2. The Hall–Kier alpha value is -2.73. The lowest BCUT2D eigenvalue weighted by Gasteiger charge is -2.09. The first-order valence-corrected chi connectivity index (χ1v) is 7.55. The van der Waals surface area contributed by atoms with Gasteiger partial charge in [0.2, 0.25) is 0 Å². The molecule has 0 saturated heterocycles. The van der Waals surface area contributed by atoms with E-state index in [0.29, 0.717) is 28.7 Å². The first-order chi connectivity index (χ1) is 11.6. The van der Waals surface area contributed by atoms with Gasteiger partial charge in [-0.1, -0.05) is 28.9 Å². The standard InChI is InChI=1S/C17H17ClN2O4/c1-3-23-15-7-5-4-6-12(15)17(21)24-20-16(19)13-10-11(18)8-9-14(13)22-2/h4-10H,3H2,1-2H3,(H2,19,20). The molecule has 0 fully saturated rings. The molecule has 0 saturated carbocycles. The molecule has 0 aliphatic rings. The zero-order valence-electron chi connectivity index (χ0n) is 13.3. The molecule has 24 heavy (non-hydrogen) atoms. The van der Waals surface area contributed by atoms with Crippen LogP contribution >= 0.6 is 11.6 Å². The quantitative estimate of drug-likeness (QED) is 0.375. The second kappa shape index (κ2) is 8.21. The lowest BCUT2D eigenvalue weighted by molar-refractivity contribution is 0.0511. The number of halogens is 1. The predicted molar refractivity (Wildman–Crippen MR) is 91.8 cm³/mol. The van der Waals surface area contributed by atoms with E-state index in [2.05, 4.69) is 5.16 Å². The fraction of sp³-hybridized carbons (Fsp3) is 0.176. The first kappa shape index (κ1) is 17.6. The summed E-state index contributed by atoms with van der Waals surface area (Å²) >= 11 is 5.94. The monoisotopic (exact) mass is 348 g/mol. The number of rotatable bonds is 6. The zero-order chi connectivity index (χ0) is 17.5. The molecule has 0 aliphatic heterocycles. The van der Waals surface area contributed by atoms with E-state index in [1.54, 1.807) is 42.5 Å². The lowest BCUT2D eigenvalue weighted by atomic mass is 10.2. The van der Waals surface area contributed by atoms with Gasteiger partial charge in [-0.05, 0) is 37.3 Å². The summed E-state index contributed by atoms with van der Waals surface area (Å²) in [6, 6.07) is 11.6. The Morgan fingerprint density at radius 3 is 2.62 bits per heavy atom. The number of methoxy groups -OCH3 is 1.